The minimum absolute atomic E-state index is 0. The van der Waals surface area contributed by atoms with Crippen LogP contribution in [0.25, 0.3) is 0 Å². The Balaban J connectivity index is 0.00000147. The summed E-state index contributed by atoms with van der Waals surface area (Å²) in [5.41, 5.74) is 8.17. The van der Waals surface area contributed by atoms with Crippen LogP contribution in [0.3, 0.4) is 0 Å². The van der Waals surface area contributed by atoms with Crippen LogP contribution in [0.4, 0.5) is 0 Å². The maximum atomic E-state index is 12.5. The fourth-order valence-corrected chi connectivity index (χ4v) is 4.46. The van der Waals surface area contributed by atoms with Crippen molar-refractivity contribution in [2.24, 2.45) is 5.73 Å². The van der Waals surface area contributed by atoms with Crippen molar-refractivity contribution in [2.75, 3.05) is 19.6 Å². The van der Waals surface area contributed by atoms with Crippen molar-refractivity contribution in [3.63, 3.8) is 0 Å². The zero-order valence-electron chi connectivity index (χ0n) is 11.2. The van der Waals surface area contributed by atoms with Gasteiger partial charge in [0.25, 0.3) is 10.2 Å². The number of hydrogen-bond donors (Lipinski definition) is 1. The first-order valence-corrected chi connectivity index (χ1v) is 8.04. The molecule has 1 aromatic carbocycles. The first-order valence-electron chi connectivity index (χ1n) is 6.65. The number of benzene rings is 1. The molecule has 0 radical (unpaired) electrons. The largest absolute Gasteiger partial charge is 0.326 e. The molecular formula is C13H20ClN3O2S. The third-order valence-electron chi connectivity index (χ3n) is 3.94. The molecule has 0 bridgehead atoms. The number of fused-ring (bicyclic) bond motifs is 1. The Labute approximate surface area is 126 Å². The van der Waals surface area contributed by atoms with E-state index < -0.39 is 10.2 Å². The van der Waals surface area contributed by atoms with Crippen molar-refractivity contribution in [3.05, 3.63) is 35.4 Å². The highest BCUT2D eigenvalue weighted by atomic mass is 35.5. The second kappa shape index (κ2) is 5.99. The molecule has 1 atom stereocenters. The van der Waals surface area contributed by atoms with Gasteiger partial charge < -0.3 is 5.73 Å². The SMILES string of the molecule is Cl.N[C@H]1CCN(S(=O)(=O)N2CCc3ccccc3C2)C1. The molecule has 2 aliphatic heterocycles. The van der Waals surface area contributed by atoms with Gasteiger partial charge in [0.1, 0.15) is 0 Å². The molecule has 0 unspecified atom stereocenters. The molecule has 0 saturated carbocycles. The highest BCUT2D eigenvalue weighted by Gasteiger charge is 2.35. The van der Waals surface area contributed by atoms with Gasteiger partial charge in [-0.25, -0.2) is 0 Å². The average molecular weight is 318 g/mol. The molecule has 2 heterocycles. The summed E-state index contributed by atoms with van der Waals surface area (Å²) in [6.07, 6.45) is 1.54. The lowest BCUT2D eigenvalue weighted by molar-refractivity contribution is 0.344. The van der Waals surface area contributed by atoms with Gasteiger partial charge in [-0.2, -0.15) is 17.0 Å². The molecule has 3 rings (SSSR count). The second-order valence-corrected chi connectivity index (χ2v) is 7.20. The van der Waals surface area contributed by atoms with E-state index in [2.05, 4.69) is 6.07 Å². The van der Waals surface area contributed by atoms with E-state index in [9.17, 15) is 8.42 Å². The molecule has 2 N–H and O–H groups in total. The van der Waals surface area contributed by atoms with Crippen LogP contribution >= 0.6 is 12.4 Å². The van der Waals surface area contributed by atoms with E-state index in [1.165, 1.54) is 9.87 Å². The fraction of sp³-hybridized carbons (Fsp3) is 0.538. The van der Waals surface area contributed by atoms with Crippen molar-refractivity contribution in [1.29, 1.82) is 0 Å². The van der Waals surface area contributed by atoms with Crippen LogP contribution in [0.5, 0.6) is 0 Å². The van der Waals surface area contributed by atoms with Crippen molar-refractivity contribution in [1.82, 2.24) is 8.61 Å². The molecule has 7 heteroatoms. The zero-order valence-corrected chi connectivity index (χ0v) is 12.9. The summed E-state index contributed by atoms with van der Waals surface area (Å²) in [5.74, 6) is 0. The fourth-order valence-electron chi connectivity index (χ4n) is 2.79. The molecule has 5 nitrogen and oxygen atoms in total. The zero-order chi connectivity index (χ0) is 13.5. The molecular weight excluding hydrogens is 298 g/mol. The monoisotopic (exact) mass is 317 g/mol. The van der Waals surface area contributed by atoms with Gasteiger partial charge in [0.2, 0.25) is 0 Å². The molecule has 0 aliphatic carbocycles. The highest BCUT2D eigenvalue weighted by molar-refractivity contribution is 7.86. The number of hydrogen-bond acceptors (Lipinski definition) is 3. The number of rotatable bonds is 2. The maximum absolute atomic E-state index is 12.5. The van der Waals surface area contributed by atoms with Gasteiger partial charge in [-0.05, 0) is 24.0 Å². The second-order valence-electron chi connectivity index (χ2n) is 5.27. The third kappa shape index (κ3) is 2.84. The van der Waals surface area contributed by atoms with E-state index in [-0.39, 0.29) is 18.4 Å². The van der Waals surface area contributed by atoms with Gasteiger partial charge in [0.05, 0.1) is 0 Å². The quantitative estimate of drug-likeness (QED) is 0.875. The lowest BCUT2D eigenvalue weighted by Gasteiger charge is -2.31. The molecule has 2 aliphatic rings. The standard InChI is InChI=1S/C13H19N3O2S.ClH/c14-13-6-8-16(10-13)19(17,18)15-7-5-11-3-1-2-4-12(11)9-15;/h1-4,13H,5-10,14H2;1H/t13-;/m0./s1. The molecule has 1 aromatic rings. The summed E-state index contributed by atoms with van der Waals surface area (Å²) in [6.45, 7) is 2.03. The van der Waals surface area contributed by atoms with Crippen LogP contribution in [-0.4, -0.2) is 42.7 Å². The van der Waals surface area contributed by atoms with Gasteiger partial charge >= 0.3 is 0 Å². The van der Waals surface area contributed by atoms with Crippen LogP contribution in [0.2, 0.25) is 0 Å². The van der Waals surface area contributed by atoms with Crippen molar-refractivity contribution in [3.8, 4) is 0 Å². The smallest absolute Gasteiger partial charge is 0.282 e. The van der Waals surface area contributed by atoms with Crippen LogP contribution in [0, 0.1) is 0 Å². The normalized spacial score (nSPS) is 24.1. The van der Waals surface area contributed by atoms with Crippen LogP contribution in [-0.2, 0) is 23.2 Å². The minimum atomic E-state index is -3.35. The third-order valence-corrected chi connectivity index (χ3v) is 5.88. The predicted molar refractivity (Wildman–Crippen MR) is 80.9 cm³/mol. The van der Waals surface area contributed by atoms with Crippen molar-refractivity contribution in [2.45, 2.75) is 25.4 Å². The van der Waals surface area contributed by atoms with E-state index in [1.807, 2.05) is 18.2 Å². The van der Waals surface area contributed by atoms with Gasteiger partial charge in [0, 0.05) is 32.2 Å². The van der Waals surface area contributed by atoms with Crippen molar-refractivity contribution < 1.29 is 8.42 Å². The first kappa shape index (κ1) is 15.7. The molecule has 0 amide bonds. The molecule has 0 aromatic heterocycles. The summed E-state index contributed by atoms with van der Waals surface area (Å²) in [6, 6.07) is 8.02. The number of halogens is 1. The lowest BCUT2D eigenvalue weighted by Crippen LogP contribution is -2.45. The van der Waals surface area contributed by atoms with Crippen LogP contribution in [0.15, 0.2) is 24.3 Å². The Hall–Kier alpha value is -0.660. The molecule has 1 saturated heterocycles. The summed E-state index contributed by atoms with van der Waals surface area (Å²) < 4.78 is 28.2. The Bertz CT molecular complexity index is 579. The van der Waals surface area contributed by atoms with E-state index in [1.54, 1.807) is 4.31 Å². The Kier molecular flexibility index (Phi) is 4.71. The molecule has 20 heavy (non-hydrogen) atoms. The number of nitrogens with two attached hydrogens (primary N) is 1. The first-order chi connectivity index (χ1) is 9.07. The average Bonchev–Trinajstić information content (AvgIpc) is 2.85. The van der Waals surface area contributed by atoms with E-state index in [0.717, 1.165) is 18.4 Å². The van der Waals surface area contributed by atoms with E-state index in [0.29, 0.717) is 26.2 Å². The molecule has 0 spiro atoms. The summed E-state index contributed by atoms with van der Waals surface area (Å²) in [4.78, 5) is 0. The maximum Gasteiger partial charge on any atom is 0.282 e. The van der Waals surface area contributed by atoms with Crippen molar-refractivity contribution >= 4 is 22.6 Å². The van der Waals surface area contributed by atoms with E-state index >= 15 is 0 Å². The van der Waals surface area contributed by atoms with Crippen LogP contribution in [0.1, 0.15) is 17.5 Å². The Morgan fingerprint density at radius 3 is 2.45 bits per heavy atom. The number of nitrogens with zero attached hydrogens (tertiary/aromatic N) is 2. The molecule has 1 fully saturated rings. The van der Waals surface area contributed by atoms with Gasteiger partial charge in [-0.1, -0.05) is 24.3 Å². The van der Waals surface area contributed by atoms with Gasteiger partial charge in [0.15, 0.2) is 0 Å². The Morgan fingerprint density at radius 1 is 1.10 bits per heavy atom. The van der Waals surface area contributed by atoms with Gasteiger partial charge in [-0.3, -0.25) is 0 Å². The topological polar surface area (TPSA) is 66.6 Å². The predicted octanol–water partition coefficient (Wildman–Crippen LogP) is 0.744. The summed E-state index contributed by atoms with van der Waals surface area (Å²) in [7, 11) is -3.35. The van der Waals surface area contributed by atoms with Crippen LogP contribution < -0.4 is 5.73 Å². The summed E-state index contributed by atoms with van der Waals surface area (Å²) >= 11 is 0. The summed E-state index contributed by atoms with van der Waals surface area (Å²) in [5, 5.41) is 0. The lowest BCUT2D eigenvalue weighted by atomic mass is 10.0. The molecule has 112 valence electrons. The highest BCUT2D eigenvalue weighted by Crippen LogP contribution is 2.24. The Morgan fingerprint density at radius 2 is 1.80 bits per heavy atom. The van der Waals surface area contributed by atoms with E-state index in [4.69, 9.17) is 5.73 Å². The van der Waals surface area contributed by atoms with Gasteiger partial charge in [-0.15, -0.1) is 12.4 Å². The minimum Gasteiger partial charge on any atom is -0.326 e.